The van der Waals surface area contributed by atoms with Gasteiger partial charge in [0.05, 0.1) is 17.6 Å². The third-order valence-corrected chi connectivity index (χ3v) is 5.14. The number of rotatable bonds is 6. The Balaban J connectivity index is 1.62. The van der Waals surface area contributed by atoms with Crippen molar-refractivity contribution < 1.29 is 32.4 Å². The van der Waals surface area contributed by atoms with Crippen LogP contribution in [0.5, 0.6) is 11.5 Å². The van der Waals surface area contributed by atoms with Crippen LogP contribution >= 0.6 is 0 Å². The van der Waals surface area contributed by atoms with Gasteiger partial charge in [0.15, 0.2) is 18.1 Å². The number of hydrogen-bond donors (Lipinski definition) is 0. The minimum atomic E-state index is -4.67. The van der Waals surface area contributed by atoms with Crippen molar-refractivity contribution in [1.82, 2.24) is 4.90 Å². The predicted octanol–water partition coefficient (Wildman–Crippen LogP) is 3.66. The van der Waals surface area contributed by atoms with E-state index in [4.69, 9.17) is 9.47 Å². The molecular weight excluding hydrogens is 431 g/mol. The summed E-state index contributed by atoms with van der Waals surface area (Å²) >= 11 is 0. The number of halogens is 3. The van der Waals surface area contributed by atoms with Crippen LogP contribution in [0.15, 0.2) is 36.4 Å². The molecule has 1 aliphatic heterocycles. The smallest absolute Gasteiger partial charge is 0.416 e. The van der Waals surface area contributed by atoms with Gasteiger partial charge < -0.3 is 19.3 Å². The summed E-state index contributed by atoms with van der Waals surface area (Å²) in [5.41, 5.74) is -0.621. The first kappa shape index (κ1) is 23.2. The molecule has 0 unspecified atom stereocenters. The molecule has 1 aliphatic rings. The van der Waals surface area contributed by atoms with Gasteiger partial charge in [0.25, 0.3) is 11.6 Å². The molecule has 1 amide bonds. The van der Waals surface area contributed by atoms with Crippen LogP contribution in [0, 0.1) is 17.0 Å². The molecule has 1 saturated heterocycles. The molecule has 0 N–H and O–H groups in total. The number of piperazine rings is 1. The van der Waals surface area contributed by atoms with Crippen LogP contribution in [0.2, 0.25) is 0 Å². The molecule has 0 radical (unpaired) electrons. The van der Waals surface area contributed by atoms with Crippen LogP contribution in [0.25, 0.3) is 0 Å². The molecule has 32 heavy (non-hydrogen) atoms. The highest BCUT2D eigenvalue weighted by molar-refractivity contribution is 5.78. The molecule has 8 nitrogen and oxygen atoms in total. The lowest BCUT2D eigenvalue weighted by molar-refractivity contribution is -0.384. The number of anilines is 1. The third kappa shape index (κ3) is 5.21. The Bertz CT molecular complexity index is 1000. The standard InChI is InChI=1S/C21H22F3N3O5/c1-14-3-6-18(19(11-14)31-2)32-13-20(28)26-9-7-25(8-10-26)16-5-4-15(21(22,23)24)12-17(16)27(29)30/h3-6,11-12H,7-10,13H2,1-2H3. The number of alkyl halides is 3. The average Bonchev–Trinajstić information content (AvgIpc) is 2.77. The first-order valence-corrected chi connectivity index (χ1v) is 9.76. The van der Waals surface area contributed by atoms with Gasteiger partial charge in [-0.2, -0.15) is 13.2 Å². The minimum absolute atomic E-state index is 0.0933. The predicted molar refractivity (Wildman–Crippen MR) is 110 cm³/mol. The van der Waals surface area contributed by atoms with Crippen molar-refractivity contribution in [2.24, 2.45) is 0 Å². The molecule has 2 aromatic carbocycles. The van der Waals surface area contributed by atoms with E-state index >= 15 is 0 Å². The minimum Gasteiger partial charge on any atom is -0.493 e. The van der Waals surface area contributed by atoms with Crippen LogP contribution < -0.4 is 14.4 Å². The summed E-state index contributed by atoms with van der Waals surface area (Å²) in [7, 11) is 1.50. The van der Waals surface area contributed by atoms with Crippen molar-refractivity contribution in [3.05, 3.63) is 57.6 Å². The van der Waals surface area contributed by atoms with Gasteiger partial charge in [0.1, 0.15) is 5.69 Å². The maximum Gasteiger partial charge on any atom is 0.416 e. The fourth-order valence-electron chi connectivity index (χ4n) is 3.43. The van der Waals surface area contributed by atoms with Crippen molar-refractivity contribution >= 4 is 17.3 Å². The van der Waals surface area contributed by atoms with Crippen LogP contribution in [0.4, 0.5) is 24.5 Å². The van der Waals surface area contributed by atoms with E-state index in [2.05, 4.69) is 0 Å². The van der Waals surface area contributed by atoms with E-state index in [1.165, 1.54) is 7.11 Å². The van der Waals surface area contributed by atoms with Gasteiger partial charge in [0, 0.05) is 32.2 Å². The maximum absolute atomic E-state index is 12.9. The molecule has 1 fully saturated rings. The molecule has 1 heterocycles. The van der Waals surface area contributed by atoms with E-state index in [1.54, 1.807) is 21.9 Å². The summed E-state index contributed by atoms with van der Waals surface area (Å²) in [6, 6.07) is 7.79. The van der Waals surface area contributed by atoms with Gasteiger partial charge in [-0.05, 0) is 36.8 Å². The number of aryl methyl sites for hydroxylation is 1. The largest absolute Gasteiger partial charge is 0.493 e. The highest BCUT2D eigenvalue weighted by Crippen LogP contribution is 2.36. The van der Waals surface area contributed by atoms with Gasteiger partial charge in [-0.15, -0.1) is 0 Å². The monoisotopic (exact) mass is 453 g/mol. The maximum atomic E-state index is 12.9. The number of nitro groups is 1. The number of hydrogen-bond acceptors (Lipinski definition) is 6. The molecule has 3 rings (SSSR count). The second-order valence-electron chi connectivity index (χ2n) is 7.27. The average molecular weight is 453 g/mol. The number of carbonyl (C=O) groups is 1. The molecule has 11 heteroatoms. The number of carbonyl (C=O) groups excluding carboxylic acids is 1. The lowest BCUT2D eigenvalue weighted by Gasteiger charge is -2.35. The van der Waals surface area contributed by atoms with E-state index in [1.807, 2.05) is 13.0 Å². The summed E-state index contributed by atoms with van der Waals surface area (Å²) in [6.07, 6.45) is -4.67. The number of methoxy groups -OCH3 is 1. The van der Waals surface area contributed by atoms with E-state index in [-0.39, 0.29) is 44.4 Å². The molecule has 0 atom stereocenters. The Kier molecular flexibility index (Phi) is 6.75. The van der Waals surface area contributed by atoms with Gasteiger partial charge in [-0.25, -0.2) is 0 Å². The second kappa shape index (κ2) is 9.33. The Morgan fingerprint density at radius 2 is 1.78 bits per heavy atom. The van der Waals surface area contributed by atoms with Crippen molar-refractivity contribution in [3.63, 3.8) is 0 Å². The zero-order valence-electron chi connectivity index (χ0n) is 17.5. The number of nitro benzene ring substituents is 1. The highest BCUT2D eigenvalue weighted by atomic mass is 19.4. The van der Waals surface area contributed by atoms with Crippen molar-refractivity contribution in [2.45, 2.75) is 13.1 Å². The van der Waals surface area contributed by atoms with Crippen LogP contribution in [-0.2, 0) is 11.0 Å². The van der Waals surface area contributed by atoms with E-state index in [0.717, 1.165) is 17.7 Å². The number of benzene rings is 2. The molecule has 0 aromatic heterocycles. The molecule has 0 bridgehead atoms. The lowest BCUT2D eigenvalue weighted by Crippen LogP contribution is -2.50. The quantitative estimate of drug-likeness (QED) is 0.490. The molecule has 0 aliphatic carbocycles. The highest BCUT2D eigenvalue weighted by Gasteiger charge is 2.34. The summed E-state index contributed by atoms with van der Waals surface area (Å²) < 4.78 is 49.5. The zero-order chi connectivity index (χ0) is 23.5. The second-order valence-corrected chi connectivity index (χ2v) is 7.27. The van der Waals surface area contributed by atoms with E-state index in [9.17, 15) is 28.1 Å². The number of ether oxygens (including phenoxy) is 2. The summed E-state index contributed by atoms with van der Waals surface area (Å²) in [5, 5.41) is 11.3. The van der Waals surface area contributed by atoms with Gasteiger partial charge in [-0.1, -0.05) is 6.07 Å². The summed E-state index contributed by atoms with van der Waals surface area (Å²) in [5.74, 6) is 0.678. The normalized spacial score (nSPS) is 14.3. The Morgan fingerprint density at radius 1 is 1.09 bits per heavy atom. The van der Waals surface area contributed by atoms with E-state index < -0.39 is 22.4 Å². The van der Waals surface area contributed by atoms with Crippen LogP contribution in [0.1, 0.15) is 11.1 Å². The number of amides is 1. The van der Waals surface area contributed by atoms with Crippen molar-refractivity contribution in [1.29, 1.82) is 0 Å². The van der Waals surface area contributed by atoms with E-state index in [0.29, 0.717) is 17.6 Å². The Morgan fingerprint density at radius 3 is 2.38 bits per heavy atom. The first-order valence-electron chi connectivity index (χ1n) is 9.76. The molecule has 2 aromatic rings. The van der Waals surface area contributed by atoms with Crippen LogP contribution in [0.3, 0.4) is 0 Å². The van der Waals surface area contributed by atoms with Crippen molar-refractivity contribution in [3.8, 4) is 11.5 Å². The summed E-state index contributed by atoms with van der Waals surface area (Å²) in [4.78, 5) is 26.2. The number of nitrogens with zero attached hydrogens (tertiary/aromatic N) is 3. The Hall–Kier alpha value is -3.50. The molecule has 0 spiro atoms. The van der Waals surface area contributed by atoms with Gasteiger partial charge in [0.2, 0.25) is 0 Å². The molecular formula is C21H22F3N3O5. The Labute approximate surface area is 182 Å². The molecule has 0 saturated carbocycles. The summed E-state index contributed by atoms with van der Waals surface area (Å²) in [6.45, 7) is 2.69. The van der Waals surface area contributed by atoms with Gasteiger partial charge in [-0.3, -0.25) is 14.9 Å². The SMILES string of the molecule is COc1cc(C)ccc1OCC(=O)N1CCN(c2ccc(C(F)(F)F)cc2[N+](=O)[O-])CC1. The fraction of sp³-hybridized carbons (Fsp3) is 0.381. The van der Waals surface area contributed by atoms with Gasteiger partial charge >= 0.3 is 6.18 Å². The van der Waals surface area contributed by atoms with Crippen LogP contribution in [-0.4, -0.2) is 55.6 Å². The fourth-order valence-corrected chi connectivity index (χ4v) is 3.43. The van der Waals surface area contributed by atoms with Crippen molar-refractivity contribution in [2.75, 3.05) is 44.8 Å². The third-order valence-electron chi connectivity index (χ3n) is 5.14. The first-order chi connectivity index (χ1) is 15.1. The topological polar surface area (TPSA) is 85.2 Å². The zero-order valence-corrected chi connectivity index (χ0v) is 17.5. The molecule has 172 valence electrons. The lowest BCUT2D eigenvalue weighted by atomic mass is 10.1.